The fourth-order valence-electron chi connectivity index (χ4n) is 2.51. The lowest BCUT2D eigenvalue weighted by Gasteiger charge is -2.10. The summed E-state index contributed by atoms with van der Waals surface area (Å²) in [6.07, 6.45) is 0. The summed E-state index contributed by atoms with van der Waals surface area (Å²) in [5, 5.41) is 2.99. The highest BCUT2D eigenvalue weighted by molar-refractivity contribution is 6.04. The van der Waals surface area contributed by atoms with E-state index in [1.807, 2.05) is 74.5 Å². The average molecular weight is 301 g/mol. The van der Waals surface area contributed by atoms with Crippen LogP contribution in [0.4, 0.5) is 5.69 Å². The first-order chi connectivity index (χ1) is 11.1. The van der Waals surface area contributed by atoms with Gasteiger partial charge in [0.15, 0.2) is 0 Å². The first kappa shape index (κ1) is 15.0. The molecule has 3 aromatic carbocycles. The Hall–Kier alpha value is -2.87. The van der Waals surface area contributed by atoms with Gasteiger partial charge in [-0.1, -0.05) is 54.6 Å². The molecule has 1 N–H and O–H groups in total. The molecule has 0 bridgehead atoms. The molecule has 0 spiro atoms. The molecule has 0 fully saturated rings. The van der Waals surface area contributed by atoms with Crippen LogP contribution in [0.3, 0.4) is 0 Å². The monoisotopic (exact) mass is 301 g/mol. The number of hydrogen-bond donors (Lipinski definition) is 1. The number of aryl methyl sites for hydroxylation is 2. The highest BCUT2D eigenvalue weighted by Gasteiger charge is 2.08. The molecule has 23 heavy (non-hydrogen) atoms. The predicted octanol–water partition coefficient (Wildman–Crippen LogP) is 5.22. The zero-order valence-electron chi connectivity index (χ0n) is 13.3. The van der Waals surface area contributed by atoms with Crippen molar-refractivity contribution in [1.29, 1.82) is 0 Å². The van der Waals surface area contributed by atoms with Crippen molar-refractivity contribution in [2.75, 3.05) is 5.32 Å². The lowest BCUT2D eigenvalue weighted by molar-refractivity contribution is 0.102. The third-order valence-corrected chi connectivity index (χ3v) is 3.90. The molecule has 0 atom stereocenters. The van der Waals surface area contributed by atoms with Crippen LogP contribution in [0, 0.1) is 13.8 Å². The van der Waals surface area contributed by atoms with E-state index < -0.39 is 0 Å². The van der Waals surface area contributed by atoms with Crippen LogP contribution in [0.5, 0.6) is 0 Å². The molecule has 0 saturated carbocycles. The van der Waals surface area contributed by atoms with Gasteiger partial charge < -0.3 is 5.32 Å². The number of carbonyl (C=O) groups excluding carboxylic acids is 1. The number of rotatable bonds is 3. The van der Waals surface area contributed by atoms with Gasteiger partial charge in [0.05, 0.1) is 0 Å². The minimum absolute atomic E-state index is 0.0849. The van der Waals surface area contributed by atoms with Crippen molar-refractivity contribution in [2.24, 2.45) is 0 Å². The van der Waals surface area contributed by atoms with Crippen LogP contribution in [0.1, 0.15) is 21.5 Å². The lowest BCUT2D eigenvalue weighted by atomic mass is 10.0. The van der Waals surface area contributed by atoms with Gasteiger partial charge in [-0.05, 0) is 54.3 Å². The summed E-state index contributed by atoms with van der Waals surface area (Å²) < 4.78 is 0. The van der Waals surface area contributed by atoms with Crippen molar-refractivity contribution < 1.29 is 4.79 Å². The molecule has 0 aliphatic heterocycles. The molecule has 0 unspecified atom stereocenters. The molecule has 3 aromatic rings. The number of nitrogens with one attached hydrogen (secondary N) is 1. The van der Waals surface area contributed by atoms with Gasteiger partial charge in [0.25, 0.3) is 5.91 Å². The molecule has 114 valence electrons. The first-order valence-corrected chi connectivity index (χ1v) is 7.67. The second-order valence-corrected chi connectivity index (χ2v) is 5.72. The number of carbonyl (C=O) groups is 1. The summed E-state index contributed by atoms with van der Waals surface area (Å²) in [5.41, 5.74) is 5.96. The second kappa shape index (κ2) is 6.49. The molecule has 1 amide bonds. The molecule has 0 aliphatic carbocycles. The largest absolute Gasteiger partial charge is 0.322 e. The van der Waals surface area contributed by atoms with E-state index in [1.165, 1.54) is 0 Å². The molecule has 2 nitrogen and oxygen atoms in total. The molecule has 3 rings (SSSR count). The molecule has 0 heterocycles. The maximum atomic E-state index is 12.4. The smallest absolute Gasteiger partial charge is 0.255 e. The van der Waals surface area contributed by atoms with Crippen LogP contribution in [-0.4, -0.2) is 5.91 Å². The van der Waals surface area contributed by atoms with Crippen LogP contribution in [0.2, 0.25) is 0 Å². The Morgan fingerprint density at radius 2 is 1.43 bits per heavy atom. The van der Waals surface area contributed by atoms with E-state index in [2.05, 4.69) is 17.4 Å². The summed E-state index contributed by atoms with van der Waals surface area (Å²) in [4.78, 5) is 12.4. The zero-order valence-corrected chi connectivity index (χ0v) is 13.3. The number of hydrogen-bond acceptors (Lipinski definition) is 1. The van der Waals surface area contributed by atoms with E-state index in [0.29, 0.717) is 5.56 Å². The third-order valence-electron chi connectivity index (χ3n) is 3.90. The maximum Gasteiger partial charge on any atom is 0.255 e. The van der Waals surface area contributed by atoms with Crippen LogP contribution in [0.25, 0.3) is 11.1 Å². The van der Waals surface area contributed by atoms with E-state index in [1.54, 1.807) is 0 Å². The number of anilines is 1. The Balaban J connectivity index is 1.79. The Morgan fingerprint density at radius 3 is 2.13 bits per heavy atom. The molecule has 0 radical (unpaired) electrons. The van der Waals surface area contributed by atoms with Crippen molar-refractivity contribution in [3.8, 4) is 11.1 Å². The van der Waals surface area contributed by atoms with Crippen LogP contribution < -0.4 is 5.32 Å². The fraction of sp³-hybridized carbons (Fsp3) is 0.0952. The van der Waals surface area contributed by atoms with E-state index in [0.717, 1.165) is 27.9 Å². The van der Waals surface area contributed by atoms with Gasteiger partial charge in [-0.15, -0.1) is 0 Å². The van der Waals surface area contributed by atoms with Gasteiger partial charge in [0, 0.05) is 11.3 Å². The van der Waals surface area contributed by atoms with Crippen LogP contribution in [-0.2, 0) is 0 Å². The molecular weight excluding hydrogens is 282 g/mol. The van der Waals surface area contributed by atoms with E-state index in [9.17, 15) is 4.79 Å². The summed E-state index contributed by atoms with van der Waals surface area (Å²) in [7, 11) is 0. The Kier molecular flexibility index (Phi) is 4.24. The lowest BCUT2D eigenvalue weighted by Crippen LogP contribution is -2.12. The number of benzene rings is 3. The summed E-state index contributed by atoms with van der Waals surface area (Å²) >= 11 is 0. The number of amides is 1. The average Bonchev–Trinajstić information content (AvgIpc) is 2.59. The molecule has 2 heteroatoms. The predicted molar refractivity (Wildman–Crippen MR) is 95.7 cm³/mol. The van der Waals surface area contributed by atoms with Crippen molar-refractivity contribution in [1.82, 2.24) is 0 Å². The molecular formula is C21H19NO. The van der Waals surface area contributed by atoms with Gasteiger partial charge in [-0.2, -0.15) is 0 Å². The molecule has 0 aliphatic rings. The van der Waals surface area contributed by atoms with E-state index in [-0.39, 0.29) is 5.91 Å². The summed E-state index contributed by atoms with van der Waals surface area (Å²) in [6.45, 7) is 4.01. The first-order valence-electron chi connectivity index (χ1n) is 7.67. The molecule has 0 saturated heterocycles. The highest BCUT2D eigenvalue weighted by Crippen LogP contribution is 2.21. The Morgan fingerprint density at radius 1 is 0.783 bits per heavy atom. The van der Waals surface area contributed by atoms with E-state index in [4.69, 9.17) is 0 Å². The second-order valence-electron chi connectivity index (χ2n) is 5.72. The standard InChI is InChI=1S/C21H19NO/c1-15-8-9-16(2)20(14-15)22-21(23)19-12-10-18(11-13-19)17-6-4-3-5-7-17/h3-14H,1-2H3,(H,22,23). The zero-order chi connectivity index (χ0) is 16.2. The quantitative estimate of drug-likeness (QED) is 0.705. The Labute approximate surface area is 136 Å². The van der Waals surface area contributed by atoms with E-state index >= 15 is 0 Å². The van der Waals surface area contributed by atoms with Crippen molar-refractivity contribution in [3.05, 3.63) is 89.5 Å². The van der Waals surface area contributed by atoms with Gasteiger partial charge in [-0.3, -0.25) is 4.79 Å². The van der Waals surface area contributed by atoms with Crippen LogP contribution in [0.15, 0.2) is 72.8 Å². The maximum absolute atomic E-state index is 12.4. The summed E-state index contributed by atoms with van der Waals surface area (Å²) in [5.74, 6) is -0.0849. The van der Waals surface area contributed by atoms with Gasteiger partial charge in [-0.25, -0.2) is 0 Å². The van der Waals surface area contributed by atoms with Gasteiger partial charge in [0.1, 0.15) is 0 Å². The minimum Gasteiger partial charge on any atom is -0.322 e. The molecule has 0 aromatic heterocycles. The third kappa shape index (κ3) is 3.49. The van der Waals surface area contributed by atoms with Crippen molar-refractivity contribution >= 4 is 11.6 Å². The van der Waals surface area contributed by atoms with Crippen molar-refractivity contribution in [3.63, 3.8) is 0 Å². The fourth-order valence-corrected chi connectivity index (χ4v) is 2.51. The Bertz CT molecular complexity index is 820. The van der Waals surface area contributed by atoms with Gasteiger partial charge in [0.2, 0.25) is 0 Å². The summed E-state index contributed by atoms with van der Waals surface area (Å²) in [6, 6.07) is 23.9. The topological polar surface area (TPSA) is 29.1 Å². The van der Waals surface area contributed by atoms with Crippen molar-refractivity contribution in [2.45, 2.75) is 13.8 Å². The SMILES string of the molecule is Cc1ccc(C)c(NC(=O)c2ccc(-c3ccccc3)cc2)c1. The highest BCUT2D eigenvalue weighted by atomic mass is 16.1. The van der Waals surface area contributed by atoms with Gasteiger partial charge >= 0.3 is 0 Å². The minimum atomic E-state index is -0.0849. The normalized spacial score (nSPS) is 10.3. The van der Waals surface area contributed by atoms with Crippen LogP contribution >= 0.6 is 0 Å².